The SMILES string of the molecule is CCCCCCCC(CCCCCCC)c1ccc(C)c(O)c1. The van der Waals surface area contributed by atoms with E-state index in [0.29, 0.717) is 11.7 Å². The van der Waals surface area contributed by atoms with E-state index in [1.165, 1.54) is 82.6 Å². The molecular weight excluding hydrogens is 280 g/mol. The summed E-state index contributed by atoms with van der Waals surface area (Å²) in [6.45, 7) is 6.52. The van der Waals surface area contributed by atoms with Gasteiger partial charge in [-0.3, -0.25) is 0 Å². The van der Waals surface area contributed by atoms with Crippen LogP contribution in [0.5, 0.6) is 5.75 Å². The van der Waals surface area contributed by atoms with Crippen molar-refractivity contribution in [2.75, 3.05) is 0 Å². The maximum absolute atomic E-state index is 10.0. The van der Waals surface area contributed by atoms with E-state index >= 15 is 0 Å². The van der Waals surface area contributed by atoms with E-state index in [-0.39, 0.29) is 0 Å². The molecule has 23 heavy (non-hydrogen) atoms. The maximum atomic E-state index is 10.0. The Balaban J connectivity index is 2.51. The van der Waals surface area contributed by atoms with Crippen LogP contribution in [0.15, 0.2) is 18.2 Å². The standard InChI is InChI=1S/C22H38O/c1-4-6-8-10-12-14-20(15-13-11-9-7-5-2)21-17-16-19(3)22(23)18-21/h16-18,20,23H,4-15H2,1-3H3. The molecule has 0 amide bonds. The highest BCUT2D eigenvalue weighted by Gasteiger charge is 2.12. The van der Waals surface area contributed by atoms with Gasteiger partial charge in [-0.1, -0.05) is 90.2 Å². The number of phenols is 1. The van der Waals surface area contributed by atoms with Crippen LogP contribution >= 0.6 is 0 Å². The topological polar surface area (TPSA) is 20.2 Å². The van der Waals surface area contributed by atoms with Gasteiger partial charge in [0.2, 0.25) is 0 Å². The lowest BCUT2D eigenvalue weighted by Crippen LogP contribution is -2.00. The number of unbranched alkanes of at least 4 members (excludes halogenated alkanes) is 8. The second kappa shape index (κ2) is 12.4. The van der Waals surface area contributed by atoms with E-state index in [1.807, 2.05) is 13.0 Å². The molecule has 1 aromatic carbocycles. The summed E-state index contributed by atoms with van der Waals surface area (Å²) in [5.41, 5.74) is 2.33. The molecule has 0 saturated heterocycles. The zero-order valence-electron chi connectivity index (χ0n) is 15.7. The van der Waals surface area contributed by atoms with Crippen molar-refractivity contribution in [3.63, 3.8) is 0 Å². The number of hydrogen-bond acceptors (Lipinski definition) is 1. The summed E-state index contributed by atoms with van der Waals surface area (Å²) in [7, 11) is 0. The zero-order valence-corrected chi connectivity index (χ0v) is 15.7. The van der Waals surface area contributed by atoms with Gasteiger partial charge in [0.1, 0.15) is 5.75 Å². The minimum Gasteiger partial charge on any atom is -0.508 e. The summed E-state index contributed by atoms with van der Waals surface area (Å²) in [4.78, 5) is 0. The number of rotatable bonds is 13. The lowest BCUT2D eigenvalue weighted by Gasteiger charge is -2.18. The first-order chi connectivity index (χ1) is 11.2. The van der Waals surface area contributed by atoms with Crippen molar-refractivity contribution < 1.29 is 5.11 Å². The maximum Gasteiger partial charge on any atom is 0.118 e. The molecule has 1 nitrogen and oxygen atoms in total. The van der Waals surface area contributed by atoms with E-state index in [9.17, 15) is 5.11 Å². The first kappa shape index (κ1) is 20.1. The Hall–Kier alpha value is -0.980. The molecule has 0 aliphatic carbocycles. The number of benzene rings is 1. The summed E-state index contributed by atoms with van der Waals surface area (Å²) in [6, 6.07) is 6.32. The normalized spacial score (nSPS) is 11.3. The fraction of sp³-hybridized carbons (Fsp3) is 0.727. The number of aromatic hydroxyl groups is 1. The van der Waals surface area contributed by atoms with Gasteiger partial charge in [0, 0.05) is 0 Å². The molecule has 0 aromatic heterocycles. The molecule has 0 heterocycles. The predicted molar refractivity (Wildman–Crippen MR) is 102 cm³/mol. The second-order valence-corrected chi connectivity index (χ2v) is 7.15. The summed E-state index contributed by atoms with van der Waals surface area (Å²) in [6.07, 6.45) is 16.0. The van der Waals surface area contributed by atoms with E-state index in [0.717, 1.165) is 5.56 Å². The zero-order chi connectivity index (χ0) is 16.9. The third kappa shape index (κ3) is 8.44. The first-order valence-corrected chi connectivity index (χ1v) is 9.98. The van der Waals surface area contributed by atoms with Gasteiger partial charge >= 0.3 is 0 Å². The molecule has 0 radical (unpaired) electrons. The van der Waals surface area contributed by atoms with Crippen LogP contribution in [0, 0.1) is 6.92 Å². The molecule has 0 spiro atoms. The molecule has 0 aliphatic heterocycles. The molecule has 0 atom stereocenters. The average Bonchev–Trinajstić information content (AvgIpc) is 2.55. The Kier molecular flexibility index (Phi) is 10.9. The van der Waals surface area contributed by atoms with Crippen LogP contribution < -0.4 is 0 Å². The molecular formula is C22H38O. The lowest BCUT2D eigenvalue weighted by molar-refractivity contribution is 0.463. The van der Waals surface area contributed by atoms with Crippen LogP contribution in [0.1, 0.15) is 108 Å². The van der Waals surface area contributed by atoms with Gasteiger partial charge in [0.05, 0.1) is 0 Å². The van der Waals surface area contributed by atoms with Gasteiger partial charge in [-0.05, 0) is 42.9 Å². The van der Waals surface area contributed by atoms with Gasteiger partial charge in [-0.2, -0.15) is 0 Å². The van der Waals surface area contributed by atoms with E-state index in [4.69, 9.17) is 0 Å². The molecule has 0 aliphatic rings. The minimum absolute atomic E-state index is 0.462. The van der Waals surface area contributed by atoms with Crippen LogP contribution in [0.2, 0.25) is 0 Å². The molecule has 1 aromatic rings. The van der Waals surface area contributed by atoms with Gasteiger partial charge in [0.25, 0.3) is 0 Å². The Labute approximate surface area is 144 Å². The Morgan fingerprint density at radius 3 is 1.78 bits per heavy atom. The highest BCUT2D eigenvalue weighted by Crippen LogP contribution is 2.31. The number of aryl methyl sites for hydroxylation is 1. The van der Waals surface area contributed by atoms with Crippen molar-refractivity contribution in [3.8, 4) is 5.75 Å². The Bertz CT molecular complexity index is 396. The first-order valence-electron chi connectivity index (χ1n) is 9.98. The largest absolute Gasteiger partial charge is 0.508 e. The molecule has 1 heteroatoms. The second-order valence-electron chi connectivity index (χ2n) is 7.15. The molecule has 1 rings (SSSR count). The predicted octanol–water partition coefficient (Wildman–Crippen LogP) is 7.51. The van der Waals surface area contributed by atoms with Gasteiger partial charge < -0.3 is 5.11 Å². The monoisotopic (exact) mass is 318 g/mol. The van der Waals surface area contributed by atoms with E-state index < -0.39 is 0 Å². The fourth-order valence-corrected chi connectivity index (χ4v) is 3.35. The van der Waals surface area contributed by atoms with Gasteiger partial charge in [0.15, 0.2) is 0 Å². The third-order valence-corrected chi connectivity index (χ3v) is 5.02. The third-order valence-electron chi connectivity index (χ3n) is 5.02. The molecule has 0 saturated carbocycles. The summed E-state index contributed by atoms with van der Waals surface area (Å²) >= 11 is 0. The smallest absolute Gasteiger partial charge is 0.118 e. The van der Waals surface area contributed by atoms with E-state index in [1.54, 1.807) is 0 Å². The average molecular weight is 319 g/mol. The van der Waals surface area contributed by atoms with Crippen LogP contribution in [-0.4, -0.2) is 5.11 Å². The van der Waals surface area contributed by atoms with Crippen LogP contribution in [-0.2, 0) is 0 Å². The summed E-state index contributed by atoms with van der Waals surface area (Å²) in [5, 5.41) is 10.0. The van der Waals surface area contributed by atoms with Crippen molar-refractivity contribution in [3.05, 3.63) is 29.3 Å². The Morgan fingerprint density at radius 2 is 1.30 bits per heavy atom. The number of phenolic OH excluding ortho intramolecular Hbond substituents is 1. The number of hydrogen-bond donors (Lipinski definition) is 1. The van der Waals surface area contributed by atoms with Gasteiger partial charge in [-0.25, -0.2) is 0 Å². The minimum atomic E-state index is 0.462. The highest BCUT2D eigenvalue weighted by atomic mass is 16.3. The Morgan fingerprint density at radius 1 is 0.783 bits per heavy atom. The van der Waals surface area contributed by atoms with Crippen LogP contribution in [0.25, 0.3) is 0 Å². The summed E-state index contributed by atoms with van der Waals surface area (Å²) < 4.78 is 0. The van der Waals surface area contributed by atoms with Gasteiger partial charge in [-0.15, -0.1) is 0 Å². The van der Waals surface area contributed by atoms with Crippen molar-refractivity contribution in [1.29, 1.82) is 0 Å². The quantitative estimate of drug-likeness (QED) is 0.373. The van der Waals surface area contributed by atoms with Crippen molar-refractivity contribution >= 4 is 0 Å². The molecule has 0 bridgehead atoms. The van der Waals surface area contributed by atoms with E-state index in [2.05, 4.69) is 26.0 Å². The molecule has 0 fully saturated rings. The molecule has 132 valence electrons. The fourth-order valence-electron chi connectivity index (χ4n) is 3.35. The lowest BCUT2D eigenvalue weighted by atomic mass is 9.87. The highest BCUT2D eigenvalue weighted by molar-refractivity contribution is 5.36. The molecule has 1 N–H and O–H groups in total. The van der Waals surface area contributed by atoms with Crippen LogP contribution in [0.3, 0.4) is 0 Å². The molecule has 0 unspecified atom stereocenters. The summed E-state index contributed by atoms with van der Waals surface area (Å²) in [5.74, 6) is 1.09. The van der Waals surface area contributed by atoms with Crippen molar-refractivity contribution in [2.24, 2.45) is 0 Å². The van der Waals surface area contributed by atoms with Crippen LogP contribution in [0.4, 0.5) is 0 Å². The van der Waals surface area contributed by atoms with Crippen molar-refractivity contribution in [1.82, 2.24) is 0 Å². The van der Waals surface area contributed by atoms with Crippen molar-refractivity contribution in [2.45, 2.75) is 104 Å².